The normalized spacial score (nSPS) is 43.8. The molecule has 0 aromatic carbocycles. The van der Waals surface area contributed by atoms with E-state index in [1.165, 1.54) is 6.92 Å². The minimum atomic E-state index is -0.759. The molecule has 3 heterocycles. The lowest BCUT2D eigenvalue weighted by Crippen LogP contribution is -2.44. The van der Waals surface area contributed by atoms with Gasteiger partial charge in [0.2, 0.25) is 0 Å². The highest BCUT2D eigenvalue weighted by molar-refractivity contribution is 5.66. The monoisotopic (exact) mass is 302 g/mol. The minimum absolute atomic E-state index is 0.328. The van der Waals surface area contributed by atoms with E-state index in [1.54, 1.807) is 13.8 Å². The summed E-state index contributed by atoms with van der Waals surface area (Å²) < 4.78 is 34.2. The number of carbonyl (C=O) groups is 1. The van der Waals surface area contributed by atoms with Gasteiger partial charge in [-0.25, -0.2) is 0 Å². The van der Waals surface area contributed by atoms with Crippen molar-refractivity contribution in [2.75, 3.05) is 6.61 Å². The zero-order valence-electron chi connectivity index (χ0n) is 13.0. The zero-order valence-corrected chi connectivity index (χ0v) is 13.0. The van der Waals surface area contributed by atoms with Crippen LogP contribution in [0.1, 0.15) is 34.6 Å². The molecule has 0 aromatic rings. The fourth-order valence-corrected chi connectivity index (χ4v) is 3.01. The molecule has 3 saturated heterocycles. The smallest absolute Gasteiger partial charge is 0.303 e. The Bertz CT molecular complexity index is 433. The van der Waals surface area contributed by atoms with E-state index in [9.17, 15) is 4.79 Å². The maximum Gasteiger partial charge on any atom is 0.303 e. The molecule has 3 rings (SSSR count). The SMILES string of the molecule is CC(=O)O[C@H]1C([C@H]2COC(C)(C)O2)O[C@@H]2OC(C)(C)O[C@@H]21. The predicted octanol–water partition coefficient (Wildman–Crippen LogP) is 0.946. The number of rotatable bonds is 2. The largest absolute Gasteiger partial charge is 0.457 e. The highest BCUT2D eigenvalue weighted by Crippen LogP contribution is 2.41. The second-order valence-corrected chi connectivity index (χ2v) is 6.51. The van der Waals surface area contributed by atoms with Crippen LogP contribution in [-0.4, -0.2) is 54.9 Å². The van der Waals surface area contributed by atoms with E-state index < -0.39 is 36.2 Å². The summed E-state index contributed by atoms with van der Waals surface area (Å²) in [6, 6.07) is 0. The molecule has 1 unspecified atom stereocenters. The molecule has 0 aromatic heterocycles. The van der Waals surface area contributed by atoms with Crippen molar-refractivity contribution in [2.45, 2.75) is 76.9 Å². The standard InChI is InChI=1S/C14H22O7/c1-7(15)17-10-9(8-6-16-13(2,3)19-8)18-12-11(10)20-14(4,5)21-12/h8-12H,6H2,1-5H3/t8-,9?,10+,11-,12-/m1/s1. The Morgan fingerprint density at radius 1 is 1.05 bits per heavy atom. The van der Waals surface area contributed by atoms with Crippen molar-refractivity contribution >= 4 is 5.97 Å². The van der Waals surface area contributed by atoms with Crippen LogP contribution in [-0.2, 0) is 33.2 Å². The van der Waals surface area contributed by atoms with Crippen molar-refractivity contribution in [1.82, 2.24) is 0 Å². The maximum absolute atomic E-state index is 11.4. The van der Waals surface area contributed by atoms with Gasteiger partial charge in [-0.2, -0.15) is 0 Å². The molecule has 0 N–H and O–H groups in total. The summed E-state index contributed by atoms with van der Waals surface area (Å²) in [6.07, 6.45) is -2.40. The summed E-state index contributed by atoms with van der Waals surface area (Å²) in [5, 5.41) is 0. The van der Waals surface area contributed by atoms with Crippen LogP contribution < -0.4 is 0 Å². The third-order valence-corrected chi connectivity index (χ3v) is 3.73. The Labute approximate surface area is 123 Å². The van der Waals surface area contributed by atoms with Gasteiger partial charge in [-0.15, -0.1) is 0 Å². The van der Waals surface area contributed by atoms with Gasteiger partial charge in [-0.3, -0.25) is 4.79 Å². The molecule has 0 amide bonds. The number of hydrogen-bond donors (Lipinski definition) is 0. The molecule has 21 heavy (non-hydrogen) atoms. The molecule has 5 atom stereocenters. The van der Waals surface area contributed by atoms with E-state index in [0.29, 0.717) is 6.61 Å². The van der Waals surface area contributed by atoms with E-state index >= 15 is 0 Å². The quantitative estimate of drug-likeness (QED) is 0.703. The lowest BCUT2D eigenvalue weighted by Gasteiger charge is -2.28. The topological polar surface area (TPSA) is 72.5 Å². The Balaban J connectivity index is 1.77. The molecule has 7 nitrogen and oxygen atoms in total. The molecule has 3 aliphatic rings. The summed E-state index contributed by atoms with van der Waals surface area (Å²) >= 11 is 0. The van der Waals surface area contributed by atoms with E-state index in [-0.39, 0.29) is 12.1 Å². The van der Waals surface area contributed by atoms with Crippen molar-refractivity contribution in [1.29, 1.82) is 0 Å². The first kappa shape index (κ1) is 15.2. The molecular weight excluding hydrogens is 280 g/mol. The summed E-state index contributed by atoms with van der Waals surface area (Å²) in [5.41, 5.74) is 0. The molecule has 3 aliphatic heterocycles. The average Bonchev–Trinajstić information content (AvgIpc) is 2.90. The van der Waals surface area contributed by atoms with E-state index in [2.05, 4.69) is 0 Å². The van der Waals surface area contributed by atoms with Gasteiger partial charge >= 0.3 is 5.97 Å². The predicted molar refractivity (Wildman–Crippen MR) is 69.2 cm³/mol. The van der Waals surface area contributed by atoms with Crippen LogP contribution in [0.2, 0.25) is 0 Å². The summed E-state index contributed by atoms with van der Waals surface area (Å²) in [7, 11) is 0. The van der Waals surface area contributed by atoms with Crippen LogP contribution >= 0.6 is 0 Å². The van der Waals surface area contributed by atoms with Crippen molar-refractivity contribution < 1.29 is 33.2 Å². The molecule has 120 valence electrons. The van der Waals surface area contributed by atoms with Crippen LogP contribution in [0.25, 0.3) is 0 Å². The van der Waals surface area contributed by atoms with Gasteiger partial charge in [-0.1, -0.05) is 0 Å². The molecular formula is C14H22O7. The van der Waals surface area contributed by atoms with E-state index in [4.69, 9.17) is 28.4 Å². The highest BCUT2D eigenvalue weighted by atomic mass is 16.8. The molecule has 0 saturated carbocycles. The molecule has 0 aliphatic carbocycles. The molecule has 0 bridgehead atoms. The van der Waals surface area contributed by atoms with Gasteiger partial charge in [0, 0.05) is 6.92 Å². The Hall–Kier alpha value is -0.730. The Kier molecular flexibility index (Phi) is 3.53. The second-order valence-electron chi connectivity index (χ2n) is 6.51. The fourth-order valence-electron chi connectivity index (χ4n) is 3.01. The van der Waals surface area contributed by atoms with Gasteiger partial charge < -0.3 is 28.4 Å². The fraction of sp³-hybridized carbons (Fsp3) is 0.929. The Morgan fingerprint density at radius 3 is 2.33 bits per heavy atom. The van der Waals surface area contributed by atoms with Crippen molar-refractivity contribution in [2.24, 2.45) is 0 Å². The van der Waals surface area contributed by atoms with Gasteiger partial charge in [0.15, 0.2) is 30.1 Å². The van der Waals surface area contributed by atoms with Crippen LogP contribution in [0.5, 0.6) is 0 Å². The molecule has 0 spiro atoms. The third kappa shape index (κ3) is 2.93. The highest BCUT2D eigenvalue weighted by Gasteiger charge is 2.59. The third-order valence-electron chi connectivity index (χ3n) is 3.73. The molecule has 7 heteroatoms. The molecule has 3 fully saturated rings. The number of fused-ring (bicyclic) bond motifs is 1. The van der Waals surface area contributed by atoms with Gasteiger partial charge in [0.05, 0.1) is 6.61 Å². The maximum atomic E-state index is 11.4. The van der Waals surface area contributed by atoms with Gasteiger partial charge in [0.25, 0.3) is 0 Å². The lowest BCUT2D eigenvalue weighted by molar-refractivity contribution is -0.235. The van der Waals surface area contributed by atoms with E-state index in [1.807, 2.05) is 13.8 Å². The number of ether oxygens (including phenoxy) is 6. The number of esters is 1. The summed E-state index contributed by atoms with van der Waals surface area (Å²) in [5.74, 6) is -1.82. The summed E-state index contributed by atoms with van der Waals surface area (Å²) in [6.45, 7) is 9.00. The number of carbonyl (C=O) groups excluding carboxylic acids is 1. The van der Waals surface area contributed by atoms with Gasteiger partial charge in [-0.05, 0) is 27.7 Å². The average molecular weight is 302 g/mol. The van der Waals surface area contributed by atoms with Crippen molar-refractivity contribution in [3.63, 3.8) is 0 Å². The number of hydrogen-bond acceptors (Lipinski definition) is 7. The van der Waals surface area contributed by atoms with Crippen LogP contribution in [0.3, 0.4) is 0 Å². The zero-order chi connectivity index (χ0) is 15.4. The minimum Gasteiger partial charge on any atom is -0.457 e. The lowest BCUT2D eigenvalue weighted by atomic mass is 10.1. The first-order valence-corrected chi connectivity index (χ1v) is 7.17. The van der Waals surface area contributed by atoms with Crippen LogP contribution in [0.15, 0.2) is 0 Å². The van der Waals surface area contributed by atoms with Gasteiger partial charge in [0.1, 0.15) is 12.2 Å². The first-order chi connectivity index (χ1) is 9.67. The first-order valence-electron chi connectivity index (χ1n) is 7.17. The summed E-state index contributed by atoms with van der Waals surface area (Å²) in [4.78, 5) is 11.4. The van der Waals surface area contributed by atoms with E-state index in [0.717, 1.165) is 0 Å². The van der Waals surface area contributed by atoms with Crippen LogP contribution in [0.4, 0.5) is 0 Å². The van der Waals surface area contributed by atoms with Crippen molar-refractivity contribution in [3.8, 4) is 0 Å². The van der Waals surface area contributed by atoms with Crippen LogP contribution in [0, 0.1) is 0 Å². The molecule has 0 radical (unpaired) electrons. The van der Waals surface area contributed by atoms with Crippen molar-refractivity contribution in [3.05, 3.63) is 0 Å². The Morgan fingerprint density at radius 2 is 1.76 bits per heavy atom. The second kappa shape index (κ2) is 4.89.